The molecule has 0 atom stereocenters. The van der Waals surface area contributed by atoms with Crippen molar-refractivity contribution in [3.8, 4) is 0 Å². The number of hydrogen-bond acceptors (Lipinski definition) is 4. The third-order valence-corrected chi connectivity index (χ3v) is 4.50. The van der Waals surface area contributed by atoms with Gasteiger partial charge in [0.1, 0.15) is 5.82 Å². The first-order valence-electron chi connectivity index (χ1n) is 6.12. The molecule has 0 heterocycles. The Balaban J connectivity index is 2.38. The van der Waals surface area contributed by atoms with E-state index >= 15 is 0 Å². The van der Waals surface area contributed by atoms with Crippen LogP contribution in [-0.2, 0) is 16.6 Å². The molecule has 2 aromatic carbocycles. The van der Waals surface area contributed by atoms with Gasteiger partial charge in [0.25, 0.3) is 10.0 Å². The molecular formula is C14H15FN2O3S. The van der Waals surface area contributed by atoms with Gasteiger partial charge in [-0.1, -0.05) is 12.1 Å². The quantitative estimate of drug-likeness (QED) is 0.753. The van der Waals surface area contributed by atoms with Gasteiger partial charge < -0.3 is 10.8 Å². The minimum atomic E-state index is -3.94. The largest absolute Gasteiger partial charge is 0.399 e. The highest BCUT2D eigenvalue weighted by atomic mass is 32.2. The van der Waals surface area contributed by atoms with Gasteiger partial charge in [0.05, 0.1) is 11.5 Å². The Labute approximate surface area is 122 Å². The molecule has 112 valence electrons. The van der Waals surface area contributed by atoms with Crippen molar-refractivity contribution in [3.05, 3.63) is 53.3 Å². The van der Waals surface area contributed by atoms with Gasteiger partial charge in [0.2, 0.25) is 0 Å². The summed E-state index contributed by atoms with van der Waals surface area (Å²) in [5.41, 5.74) is 6.51. The molecule has 0 unspecified atom stereocenters. The van der Waals surface area contributed by atoms with Crippen molar-refractivity contribution in [2.45, 2.75) is 18.4 Å². The maximum Gasteiger partial charge on any atom is 0.262 e. The first-order valence-corrected chi connectivity index (χ1v) is 7.60. The summed E-state index contributed by atoms with van der Waals surface area (Å²) in [5, 5.41) is 8.94. The number of hydrogen-bond donors (Lipinski definition) is 3. The van der Waals surface area contributed by atoms with Crippen molar-refractivity contribution in [1.82, 2.24) is 0 Å². The Hall–Kier alpha value is -2.12. The van der Waals surface area contributed by atoms with E-state index in [0.717, 1.165) is 6.07 Å². The Morgan fingerprint density at radius 3 is 2.43 bits per heavy atom. The Morgan fingerprint density at radius 1 is 1.24 bits per heavy atom. The van der Waals surface area contributed by atoms with Crippen LogP contribution in [0, 0.1) is 12.7 Å². The fourth-order valence-corrected chi connectivity index (χ4v) is 3.19. The lowest BCUT2D eigenvalue weighted by Crippen LogP contribution is -2.15. The highest BCUT2D eigenvalue weighted by Crippen LogP contribution is 2.24. The van der Waals surface area contributed by atoms with Crippen LogP contribution in [0.4, 0.5) is 15.8 Å². The van der Waals surface area contributed by atoms with E-state index in [0.29, 0.717) is 11.3 Å². The zero-order valence-corrected chi connectivity index (χ0v) is 12.1. The second kappa shape index (κ2) is 5.71. The molecule has 0 aliphatic rings. The summed E-state index contributed by atoms with van der Waals surface area (Å²) in [7, 11) is -3.94. The molecular weight excluding hydrogens is 295 g/mol. The summed E-state index contributed by atoms with van der Waals surface area (Å²) in [6.07, 6.45) is 0. The lowest BCUT2D eigenvalue weighted by atomic mass is 10.2. The minimum absolute atomic E-state index is 0.00341. The predicted molar refractivity (Wildman–Crippen MR) is 78.7 cm³/mol. The van der Waals surface area contributed by atoms with Gasteiger partial charge in [-0.15, -0.1) is 0 Å². The highest BCUT2D eigenvalue weighted by molar-refractivity contribution is 7.92. The summed E-state index contributed by atoms with van der Waals surface area (Å²) in [5.74, 6) is -0.675. The lowest BCUT2D eigenvalue weighted by molar-refractivity contribution is 0.282. The van der Waals surface area contributed by atoms with Crippen LogP contribution in [0.15, 0.2) is 41.3 Å². The monoisotopic (exact) mass is 310 g/mol. The van der Waals surface area contributed by atoms with E-state index in [-0.39, 0.29) is 22.8 Å². The fourth-order valence-electron chi connectivity index (χ4n) is 1.84. The third kappa shape index (κ3) is 3.32. The summed E-state index contributed by atoms with van der Waals surface area (Å²) >= 11 is 0. The maximum absolute atomic E-state index is 13.6. The number of rotatable bonds is 4. The number of aliphatic hydroxyl groups excluding tert-OH is 1. The summed E-state index contributed by atoms with van der Waals surface area (Å²) in [4.78, 5) is -0.203. The number of nitrogens with one attached hydrogen (secondary N) is 1. The molecule has 0 amide bonds. The third-order valence-electron chi connectivity index (χ3n) is 3.00. The van der Waals surface area contributed by atoms with Gasteiger partial charge in [-0.25, -0.2) is 12.8 Å². The van der Waals surface area contributed by atoms with Gasteiger partial charge in [-0.05, 0) is 36.8 Å². The molecule has 0 saturated heterocycles. The average Bonchev–Trinajstić information content (AvgIpc) is 2.43. The molecule has 2 aromatic rings. The normalized spacial score (nSPS) is 11.4. The van der Waals surface area contributed by atoms with E-state index in [4.69, 9.17) is 10.8 Å². The Morgan fingerprint density at radius 2 is 1.86 bits per heavy atom. The second-order valence-electron chi connectivity index (χ2n) is 4.59. The van der Waals surface area contributed by atoms with E-state index in [1.54, 1.807) is 12.1 Å². The lowest BCUT2D eigenvalue weighted by Gasteiger charge is -2.12. The number of nitrogen functional groups attached to an aromatic ring is 1. The summed E-state index contributed by atoms with van der Waals surface area (Å²) in [6, 6.07) is 8.49. The molecule has 4 N–H and O–H groups in total. The Kier molecular flexibility index (Phi) is 4.15. The molecule has 0 spiro atoms. The zero-order chi connectivity index (χ0) is 15.6. The van der Waals surface area contributed by atoms with E-state index < -0.39 is 15.8 Å². The van der Waals surface area contributed by atoms with E-state index in [1.165, 1.54) is 25.1 Å². The number of nitrogens with two attached hydrogens (primary N) is 1. The van der Waals surface area contributed by atoms with Gasteiger partial charge in [-0.2, -0.15) is 0 Å². The molecule has 5 nitrogen and oxygen atoms in total. The van der Waals surface area contributed by atoms with Crippen LogP contribution in [0.1, 0.15) is 11.1 Å². The van der Waals surface area contributed by atoms with Crippen LogP contribution in [0.5, 0.6) is 0 Å². The zero-order valence-electron chi connectivity index (χ0n) is 11.3. The molecule has 0 fully saturated rings. The second-order valence-corrected chi connectivity index (χ2v) is 6.24. The molecule has 21 heavy (non-hydrogen) atoms. The van der Waals surface area contributed by atoms with Crippen LogP contribution in [0.25, 0.3) is 0 Å². The van der Waals surface area contributed by atoms with E-state index in [2.05, 4.69) is 4.72 Å². The SMILES string of the molecule is Cc1c(F)cc(N)cc1S(=O)(=O)Nc1ccc(CO)cc1. The van der Waals surface area contributed by atoms with Crippen molar-refractivity contribution in [2.75, 3.05) is 10.5 Å². The number of anilines is 2. The molecule has 2 rings (SSSR count). The van der Waals surface area contributed by atoms with Gasteiger partial charge in [-0.3, -0.25) is 4.72 Å². The van der Waals surface area contributed by atoms with Crippen LogP contribution in [0.3, 0.4) is 0 Å². The number of aliphatic hydroxyl groups is 1. The van der Waals surface area contributed by atoms with Crippen LogP contribution in [-0.4, -0.2) is 13.5 Å². The Bertz CT molecular complexity index is 759. The smallest absolute Gasteiger partial charge is 0.262 e. The summed E-state index contributed by atoms with van der Waals surface area (Å²) in [6.45, 7) is 1.24. The average molecular weight is 310 g/mol. The first kappa shape index (κ1) is 15.3. The minimum Gasteiger partial charge on any atom is -0.399 e. The molecule has 0 aliphatic heterocycles. The van der Waals surface area contributed by atoms with Crippen molar-refractivity contribution in [2.24, 2.45) is 0 Å². The van der Waals surface area contributed by atoms with Crippen LogP contribution in [0.2, 0.25) is 0 Å². The van der Waals surface area contributed by atoms with Gasteiger partial charge in [0.15, 0.2) is 0 Å². The van der Waals surface area contributed by atoms with Crippen LogP contribution < -0.4 is 10.5 Å². The van der Waals surface area contributed by atoms with Gasteiger partial charge in [0, 0.05) is 16.9 Å². The van der Waals surface area contributed by atoms with Crippen molar-refractivity contribution in [3.63, 3.8) is 0 Å². The number of halogens is 1. The summed E-state index contributed by atoms with van der Waals surface area (Å²) < 4.78 is 40.6. The highest BCUT2D eigenvalue weighted by Gasteiger charge is 2.20. The predicted octanol–water partition coefficient (Wildman–Crippen LogP) is 2.01. The fraction of sp³-hybridized carbons (Fsp3) is 0.143. The number of benzene rings is 2. The molecule has 0 bridgehead atoms. The van der Waals surface area contributed by atoms with Crippen LogP contribution >= 0.6 is 0 Å². The molecule has 0 radical (unpaired) electrons. The topological polar surface area (TPSA) is 92.4 Å². The van der Waals surface area contributed by atoms with Crippen molar-refractivity contribution < 1.29 is 17.9 Å². The first-order chi connectivity index (χ1) is 9.83. The standard InChI is InChI=1S/C14H15FN2O3S/c1-9-13(15)6-11(16)7-14(9)21(19,20)17-12-4-2-10(8-18)3-5-12/h2-7,17-18H,8,16H2,1H3. The maximum atomic E-state index is 13.6. The molecule has 0 saturated carbocycles. The van der Waals surface area contributed by atoms with E-state index in [1.807, 2.05) is 0 Å². The molecule has 0 aromatic heterocycles. The molecule has 7 heteroatoms. The number of sulfonamides is 1. The van der Waals surface area contributed by atoms with Crippen molar-refractivity contribution in [1.29, 1.82) is 0 Å². The van der Waals surface area contributed by atoms with Crippen molar-refractivity contribution >= 4 is 21.4 Å². The van der Waals surface area contributed by atoms with E-state index in [9.17, 15) is 12.8 Å². The molecule has 0 aliphatic carbocycles. The van der Waals surface area contributed by atoms with Gasteiger partial charge >= 0.3 is 0 Å².